The molecule has 0 heterocycles. The van der Waals surface area contributed by atoms with Crippen LogP contribution < -0.4 is 5.73 Å². The lowest BCUT2D eigenvalue weighted by molar-refractivity contribution is 0.0780. The van der Waals surface area contributed by atoms with Crippen molar-refractivity contribution in [3.63, 3.8) is 0 Å². The summed E-state index contributed by atoms with van der Waals surface area (Å²) in [5, 5.41) is 0.570. The zero-order chi connectivity index (χ0) is 14.7. The summed E-state index contributed by atoms with van der Waals surface area (Å²) in [5.41, 5.74) is 6.69. The molecular formula is C15H14ClFN2O. The molecule has 0 radical (unpaired) electrons. The lowest BCUT2D eigenvalue weighted by atomic mass is 10.1. The molecule has 2 rings (SSSR count). The molecule has 0 aliphatic rings. The molecule has 0 spiro atoms. The first-order valence-corrected chi connectivity index (χ1v) is 6.40. The van der Waals surface area contributed by atoms with Crippen LogP contribution in [-0.2, 0) is 6.54 Å². The Kier molecular flexibility index (Phi) is 4.25. The molecule has 0 aliphatic heterocycles. The van der Waals surface area contributed by atoms with Crippen molar-refractivity contribution < 1.29 is 9.18 Å². The topological polar surface area (TPSA) is 46.3 Å². The van der Waals surface area contributed by atoms with Crippen LogP contribution in [0.4, 0.5) is 10.1 Å². The van der Waals surface area contributed by atoms with Crippen LogP contribution in [0.25, 0.3) is 0 Å². The fourth-order valence-electron chi connectivity index (χ4n) is 1.87. The Balaban J connectivity index is 2.21. The summed E-state index contributed by atoms with van der Waals surface area (Å²) in [6.45, 7) is 0.298. The first kappa shape index (κ1) is 14.3. The van der Waals surface area contributed by atoms with Crippen molar-refractivity contribution in [3.05, 3.63) is 64.4 Å². The highest BCUT2D eigenvalue weighted by molar-refractivity contribution is 6.31. The molecule has 0 aromatic heterocycles. The minimum atomic E-state index is -0.588. The number of nitrogen functional groups attached to an aromatic ring is 1. The van der Waals surface area contributed by atoms with Crippen LogP contribution in [-0.4, -0.2) is 17.9 Å². The van der Waals surface area contributed by atoms with Gasteiger partial charge in [-0.2, -0.15) is 0 Å². The minimum absolute atomic E-state index is 0.0421. The van der Waals surface area contributed by atoms with E-state index in [2.05, 4.69) is 0 Å². The molecule has 2 aromatic rings. The van der Waals surface area contributed by atoms with Crippen LogP contribution in [0.3, 0.4) is 0 Å². The van der Waals surface area contributed by atoms with Gasteiger partial charge in [0.1, 0.15) is 5.82 Å². The molecule has 0 atom stereocenters. The van der Waals surface area contributed by atoms with Gasteiger partial charge in [-0.3, -0.25) is 4.79 Å². The fraction of sp³-hybridized carbons (Fsp3) is 0.133. The Morgan fingerprint density at radius 2 is 2.00 bits per heavy atom. The van der Waals surface area contributed by atoms with Gasteiger partial charge in [0, 0.05) is 24.3 Å². The van der Waals surface area contributed by atoms with E-state index in [1.807, 2.05) is 18.2 Å². The van der Waals surface area contributed by atoms with Gasteiger partial charge in [0.15, 0.2) is 0 Å². The summed E-state index contributed by atoms with van der Waals surface area (Å²) in [6.07, 6.45) is 0. The highest BCUT2D eigenvalue weighted by atomic mass is 35.5. The minimum Gasteiger partial charge on any atom is -0.399 e. The molecule has 0 unspecified atom stereocenters. The van der Waals surface area contributed by atoms with Crippen molar-refractivity contribution in [2.75, 3.05) is 12.8 Å². The van der Waals surface area contributed by atoms with Crippen molar-refractivity contribution in [2.45, 2.75) is 6.54 Å². The summed E-state index contributed by atoms with van der Waals surface area (Å²) in [5.74, 6) is -1.02. The van der Waals surface area contributed by atoms with Gasteiger partial charge in [-0.15, -0.1) is 0 Å². The molecule has 0 aliphatic carbocycles. The van der Waals surface area contributed by atoms with Gasteiger partial charge in [-0.05, 0) is 29.8 Å². The number of carbonyl (C=O) groups excluding carboxylic acids is 1. The number of nitrogens with zero attached hydrogens (tertiary/aromatic N) is 1. The highest BCUT2D eigenvalue weighted by Crippen LogP contribution is 2.19. The predicted molar refractivity (Wildman–Crippen MR) is 78.1 cm³/mol. The predicted octanol–water partition coefficient (Wildman–Crippen LogP) is 3.33. The van der Waals surface area contributed by atoms with Gasteiger partial charge >= 0.3 is 0 Å². The maximum Gasteiger partial charge on any atom is 0.256 e. The number of amides is 1. The molecule has 0 fully saturated rings. The van der Waals surface area contributed by atoms with E-state index in [0.717, 1.165) is 5.56 Å². The highest BCUT2D eigenvalue weighted by Gasteiger charge is 2.17. The number of hydrogen-bond acceptors (Lipinski definition) is 2. The summed E-state index contributed by atoms with van der Waals surface area (Å²) < 4.78 is 13.7. The lowest BCUT2D eigenvalue weighted by Crippen LogP contribution is -2.27. The van der Waals surface area contributed by atoms with Crippen LogP contribution in [0, 0.1) is 5.82 Å². The SMILES string of the molecule is CN(Cc1ccccc1Cl)C(=O)c1cc(N)ccc1F. The van der Waals surface area contributed by atoms with Crippen LogP contribution in [0.2, 0.25) is 5.02 Å². The summed E-state index contributed by atoms with van der Waals surface area (Å²) >= 11 is 6.04. The Labute approximate surface area is 121 Å². The summed E-state index contributed by atoms with van der Waals surface area (Å²) in [6, 6.07) is 11.1. The van der Waals surface area contributed by atoms with Crippen LogP contribution >= 0.6 is 11.6 Å². The third-order valence-corrected chi connectivity index (χ3v) is 3.30. The maximum absolute atomic E-state index is 13.7. The molecular weight excluding hydrogens is 279 g/mol. The van der Waals surface area contributed by atoms with E-state index in [9.17, 15) is 9.18 Å². The van der Waals surface area contributed by atoms with Gasteiger partial charge in [-0.25, -0.2) is 4.39 Å². The molecule has 5 heteroatoms. The summed E-state index contributed by atoms with van der Waals surface area (Å²) in [4.78, 5) is 13.6. The number of hydrogen-bond donors (Lipinski definition) is 1. The molecule has 104 valence electrons. The normalized spacial score (nSPS) is 10.3. The molecule has 2 N–H and O–H groups in total. The molecule has 1 amide bonds. The van der Waals surface area contributed by atoms with E-state index in [0.29, 0.717) is 17.3 Å². The third kappa shape index (κ3) is 3.08. The quantitative estimate of drug-likeness (QED) is 0.882. The van der Waals surface area contributed by atoms with Crippen LogP contribution in [0.5, 0.6) is 0 Å². The largest absolute Gasteiger partial charge is 0.399 e. The van der Waals surface area contributed by atoms with Gasteiger partial charge in [0.25, 0.3) is 5.91 Å². The van der Waals surface area contributed by atoms with Gasteiger partial charge < -0.3 is 10.6 Å². The van der Waals surface area contributed by atoms with E-state index in [1.165, 1.54) is 23.1 Å². The van der Waals surface area contributed by atoms with E-state index in [1.54, 1.807) is 13.1 Å². The Bertz CT molecular complexity index is 646. The molecule has 0 bridgehead atoms. The zero-order valence-electron chi connectivity index (χ0n) is 10.9. The van der Waals surface area contributed by atoms with E-state index >= 15 is 0 Å². The molecule has 0 saturated carbocycles. The van der Waals surface area contributed by atoms with Crippen molar-refractivity contribution in [1.82, 2.24) is 4.90 Å². The number of halogens is 2. The van der Waals surface area contributed by atoms with E-state index < -0.39 is 11.7 Å². The first-order valence-electron chi connectivity index (χ1n) is 6.03. The van der Waals surface area contributed by atoms with E-state index in [4.69, 9.17) is 17.3 Å². The van der Waals surface area contributed by atoms with Gasteiger partial charge in [-0.1, -0.05) is 29.8 Å². The van der Waals surface area contributed by atoms with Gasteiger partial charge in [0.05, 0.1) is 5.56 Å². The number of carbonyl (C=O) groups is 1. The first-order chi connectivity index (χ1) is 9.49. The average Bonchev–Trinajstić information content (AvgIpc) is 2.43. The lowest BCUT2D eigenvalue weighted by Gasteiger charge is -2.18. The number of anilines is 1. The summed E-state index contributed by atoms with van der Waals surface area (Å²) in [7, 11) is 1.59. The van der Waals surface area contributed by atoms with Crippen molar-refractivity contribution in [3.8, 4) is 0 Å². The van der Waals surface area contributed by atoms with Crippen molar-refractivity contribution in [2.24, 2.45) is 0 Å². The Morgan fingerprint density at radius 3 is 2.70 bits per heavy atom. The monoisotopic (exact) mass is 292 g/mol. The van der Waals surface area contributed by atoms with Crippen molar-refractivity contribution >= 4 is 23.2 Å². The van der Waals surface area contributed by atoms with E-state index in [-0.39, 0.29) is 5.56 Å². The number of nitrogens with two attached hydrogens (primary N) is 1. The smallest absolute Gasteiger partial charge is 0.256 e. The second-order valence-corrected chi connectivity index (χ2v) is 4.90. The average molecular weight is 293 g/mol. The number of rotatable bonds is 3. The van der Waals surface area contributed by atoms with Crippen molar-refractivity contribution in [1.29, 1.82) is 0 Å². The molecule has 0 saturated heterocycles. The second-order valence-electron chi connectivity index (χ2n) is 4.49. The van der Waals surface area contributed by atoms with Crippen LogP contribution in [0.1, 0.15) is 15.9 Å². The second kappa shape index (κ2) is 5.92. The van der Waals surface area contributed by atoms with Crippen LogP contribution in [0.15, 0.2) is 42.5 Å². The Morgan fingerprint density at radius 1 is 1.30 bits per heavy atom. The zero-order valence-corrected chi connectivity index (χ0v) is 11.7. The van der Waals surface area contributed by atoms with Gasteiger partial charge in [0.2, 0.25) is 0 Å². The third-order valence-electron chi connectivity index (χ3n) is 2.93. The standard InChI is InChI=1S/C15H14ClFN2O/c1-19(9-10-4-2-3-5-13(10)16)15(20)12-8-11(18)6-7-14(12)17/h2-8H,9,18H2,1H3. The molecule has 2 aromatic carbocycles. The number of benzene rings is 2. The molecule has 3 nitrogen and oxygen atoms in total. The molecule has 20 heavy (non-hydrogen) atoms. The fourth-order valence-corrected chi connectivity index (χ4v) is 2.06. The maximum atomic E-state index is 13.7. The Hall–Kier alpha value is -2.07.